The number of nitrogens with one attached hydrogen (secondary N) is 2. The van der Waals surface area contributed by atoms with Crippen LogP contribution in [-0.2, 0) is 14.3 Å². The largest absolute Gasteiger partial charge is 0.481 e. The van der Waals surface area contributed by atoms with Gasteiger partial charge in [0.15, 0.2) is 0 Å². The van der Waals surface area contributed by atoms with Crippen molar-refractivity contribution in [1.29, 1.82) is 0 Å². The van der Waals surface area contributed by atoms with Crippen molar-refractivity contribution >= 4 is 18.0 Å². The van der Waals surface area contributed by atoms with Crippen LogP contribution in [0.4, 0.5) is 4.79 Å². The number of benzene rings is 2. The SMILES string of the molecule is CC(CCCC(=O)O)NC(=O)C(NC(=O)OCC1c2ccccc2-c2ccccc21)C1CC1. The molecule has 4 rings (SSSR count). The molecule has 33 heavy (non-hydrogen) atoms. The summed E-state index contributed by atoms with van der Waals surface area (Å²) in [7, 11) is 0. The van der Waals surface area contributed by atoms with Crippen LogP contribution in [-0.4, -0.2) is 41.8 Å². The Hall–Kier alpha value is -3.35. The summed E-state index contributed by atoms with van der Waals surface area (Å²) in [6.45, 7) is 2.04. The summed E-state index contributed by atoms with van der Waals surface area (Å²) in [5.41, 5.74) is 4.60. The zero-order valence-corrected chi connectivity index (χ0v) is 18.8. The van der Waals surface area contributed by atoms with E-state index in [2.05, 4.69) is 34.9 Å². The van der Waals surface area contributed by atoms with Gasteiger partial charge in [0.2, 0.25) is 5.91 Å². The molecule has 0 spiro atoms. The Morgan fingerprint density at radius 3 is 2.18 bits per heavy atom. The summed E-state index contributed by atoms with van der Waals surface area (Å²) in [6, 6.07) is 15.5. The van der Waals surface area contributed by atoms with Gasteiger partial charge >= 0.3 is 12.1 Å². The zero-order chi connectivity index (χ0) is 23.4. The molecule has 0 radical (unpaired) electrons. The molecule has 0 aromatic heterocycles. The van der Waals surface area contributed by atoms with Gasteiger partial charge in [0.05, 0.1) is 0 Å². The Labute approximate surface area is 193 Å². The predicted octanol–water partition coefficient (Wildman–Crippen LogP) is 4.06. The Morgan fingerprint density at radius 1 is 1.00 bits per heavy atom. The molecule has 2 aliphatic carbocycles. The predicted molar refractivity (Wildman–Crippen MR) is 124 cm³/mol. The molecule has 7 nitrogen and oxygen atoms in total. The third kappa shape index (κ3) is 5.53. The lowest BCUT2D eigenvalue weighted by Gasteiger charge is -2.21. The van der Waals surface area contributed by atoms with Gasteiger partial charge in [-0.1, -0.05) is 48.5 Å². The average molecular weight is 451 g/mol. The summed E-state index contributed by atoms with van der Waals surface area (Å²) >= 11 is 0. The van der Waals surface area contributed by atoms with Gasteiger partial charge in [-0.05, 0) is 60.8 Å². The lowest BCUT2D eigenvalue weighted by atomic mass is 9.98. The highest BCUT2D eigenvalue weighted by atomic mass is 16.5. The summed E-state index contributed by atoms with van der Waals surface area (Å²) in [5, 5.41) is 14.4. The molecular formula is C26H30N2O5. The first-order valence-corrected chi connectivity index (χ1v) is 11.6. The van der Waals surface area contributed by atoms with E-state index in [1.807, 2.05) is 31.2 Å². The molecule has 0 heterocycles. The summed E-state index contributed by atoms with van der Waals surface area (Å²) in [5.74, 6) is -1.02. The first kappa shape index (κ1) is 22.8. The minimum atomic E-state index is -0.846. The van der Waals surface area contributed by atoms with Gasteiger partial charge in [-0.3, -0.25) is 9.59 Å². The van der Waals surface area contributed by atoms with Crippen molar-refractivity contribution in [2.24, 2.45) is 5.92 Å². The van der Waals surface area contributed by atoms with Gasteiger partial charge in [-0.25, -0.2) is 4.79 Å². The quantitative estimate of drug-likeness (QED) is 0.506. The minimum Gasteiger partial charge on any atom is -0.481 e. The molecule has 174 valence electrons. The molecule has 1 fully saturated rings. The summed E-state index contributed by atoms with van der Waals surface area (Å²) in [4.78, 5) is 36.1. The fraction of sp³-hybridized carbons (Fsp3) is 0.423. The Morgan fingerprint density at radius 2 is 1.61 bits per heavy atom. The van der Waals surface area contributed by atoms with E-state index < -0.39 is 18.1 Å². The Balaban J connectivity index is 1.33. The van der Waals surface area contributed by atoms with E-state index in [1.165, 1.54) is 0 Å². The third-order valence-electron chi connectivity index (χ3n) is 6.41. The molecule has 3 N–H and O–H groups in total. The molecule has 2 aromatic carbocycles. The molecule has 2 aromatic rings. The maximum Gasteiger partial charge on any atom is 0.407 e. The number of amides is 2. The van der Waals surface area contributed by atoms with E-state index >= 15 is 0 Å². The maximum atomic E-state index is 12.8. The first-order valence-electron chi connectivity index (χ1n) is 11.6. The molecule has 2 atom stereocenters. The number of rotatable bonds is 10. The van der Waals surface area contributed by atoms with E-state index in [1.54, 1.807) is 0 Å². The first-order chi connectivity index (χ1) is 15.9. The highest BCUT2D eigenvalue weighted by Gasteiger charge is 2.38. The van der Waals surface area contributed by atoms with Gasteiger partial charge < -0.3 is 20.5 Å². The van der Waals surface area contributed by atoms with E-state index in [4.69, 9.17) is 9.84 Å². The molecular weight excluding hydrogens is 420 g/mol. The van der Waals surface area contributed by atoms with Crippen LogP contribution in [0.3, 0.4) is 0 Å². The van der Waals surface area contributed by atoms with Crippen molar-refractivity contribution in [2.45, 2.75) is 57.0 Å². The van der Waals surface area contributed by atoms with Crippen LogP contribution in [0.5, 0.6) is 0 Å². The number of carbonyl (C=O) groups excluding carboxylic acids is 2. The minimum absolute atomic E-state index is 0.0365. The number of ether oxygens (including phenoxy) is 1. The molecule has 1 saturated carbocycles. The van der Waals surface area contributed by atoms with Crippen LogP contribution in [0.15, 0.2) is 48.5 Å². The number of fused-ring (bicyclic) bond motifs is 3. The van der Waals surface area contributed by atoms with Gasteiger partial charge in [0.1, 0.15) is 12.6 Å². The third-order valence-corrected chi connectivity index (χ3v) is 6.41. The van der Waals surface area contributed by atoms with Crippen LogP contribution in [0.2, 0.25) is 0 Å². The van der Waals surface area contributed by atoms with Crippen molar-refractivity contribution in [3.05, 3.63) is 59.7 Å². The molecule has 7 heteroatoms. The van der Waals surface area contributed by atoms with Crippen LogP contribution in [0, 0.1) is 5.92 Å². The lowest BCUT2D eigenvalue weighted by Crippen LogP contribution is -2.50. The van der Waals surface area contributed by atoms with Crippen molar-refractivity contribution in [1.82, 2.24) is 10.6 Å². The smallest absolute Gasteiger partial charge is 0.407 e. The normalized spacial score (nSPS) is 16.3. The molecule has 0 aliphatic heterocycles. The second-order valence-electron chi connectivity index (χ2n) is 8.98. The molecule has 2 amide bonds. The van der Waals surface area contributed by atoms with Crippen molar-refractivity contribution in [3.8, 4) is 11.1 Å². The van der Waals surface area contributed by atoms with E-state index in [0.29, 0.717) is 12.8 Å². The van der Waals surface area contributed by atoms with Gasteiger partial charge in [-0.15, -0.1) is 0 Å². The zero-order valence-electron chi connectivity index (χ0n) is 18.8. The molecule has 2 aliphatic rings. The highest BCUT2D eigenvalue weighted by molar-refractivity contribution is 5.86. The highest BCUT2D eigenvalue weighted by Crippen LogP contribution is 2.44. The van der Waals surface area contributed by atoms with Gasteiger partial charge in [0.25, 0.3) is 0 Å². The number of aliphatic carboxylic acids is 1. The van der Waals surface area contributed by atoms with Crippen molar-refractivity contribution in [3.63, 3.8) is 0 Å². The monoisotopic (exact) mass is 450 g/mol. The Kier molecular flexibility index (Phi) is 6.96. The number of carboxylic acid groups (broad SMARTS) is 1. The number of hydrogen-bond acceptors (Lipinski definition) is 4. The van der Waals surface area contributed by atoms with Crippen molar-refractivity contribution in [2.75, 3.05) is 6.61 Å². The lowest BCUT2D eigenvalue weighted by molar-refractivity contribution is -0.137. The standard InChI is InChI=1S/C26H30N2O5/c1-16(7-6-12-23(29)30)27-25(31)24(17-13-14-17)28-26(32)33-15-22-20-10-4-2-8-18(20)19-9-3-5-11-21(19)22/h2-5,8-11,16-17,22,24H,6-7,12-15H2,1H3,(H,27,31)(H,28,32)(H,29,30). The van der Waals surface area contributed by atoms with Crippen LogP contribution >= 0.6 is 0 Å². The van der Waals surface area contributed by atoms with Crippen LogP contribution in [0.25, 0.3) is 11.1 Å². The summed E-state index contributed by atoms with van der Waals surface area (Å²) < 4.78 is 5.60. The molecule has 2 unspecified atom stereocenters. The molecule has 0 saturated heterocycles. The number of carboxylic acids is 1. The van der Waals surface area contributed by atoms with Crippen LogP contribution in [0.1, 0.15) is 56.1 Å². The van der Waals surface area contributed by atoms with Crippen LogP contribution < -0.4 is 10.6 Å². The number of carbonyl (C=O) groups is 3. The fourth-order valence-corrected chi connectivity index (χ4v) is 4.56. The maximum absolute atomic E-state index is 12.8. The molecule has 0 bridgehead atoms. The average Bonchev–Trinajstić information content (AvgIpc) is 3.58. The van der Waals surface area contributed by atoms with E-state index in [9.17, 15) is 14.4 Å². The van der Waals surface area contributed by atoms with E-state index in [-0.39, 0.29) is 36.8 Å². The Bertz CT molecular complexity index is 987. The second kappa shape index (κ2) is 10.1. The summed E-state index contributed by atoms with van der Waals surface area (Å²) in [6.07, 6.45) is 2.31. The van der Waals surface area contributed by atoms with Gasteiger partial charge in [0, 0.05) is 18.4 Å². The fourth-order valence-electron chi connectivity index (χ4n) is 4.56. The number of alkyl carbamates (subject to hydrolysis) is 1. The van der Waals surface area contributed by atoms with Crippen molar-refractivity contribution < 1.29 is 24.2 Å². The number of hydrogen-bond donors (Lipinski definition) is 3. The van der Waals surface area contributed by atoms with E-state index in [0.717, 1.165) is 35.1 Å². The second-order valence-corrected chi connectivity index (χ2v) is 8.98. The van der Waals surface area contributed by atoms with Gasteiger partial charge in [-0.2, -0.15) is 0 Å². The topological polar surface area (TPSA) is 105 Å².